The number of benzene rings is 2. The number of carbonyl (C=O) groups excluding carboxylic acids is 1. The summed E-state index contributed by atoms with van der Waals surface area (Å²) in [5.41, 5.74) is 1.30. The minimum Gasteiger partial charge on any atom is -0.337 e. The van der Waals surface area contributed by atoms with E-state index < -0.39 is 5.82 Å². The average Bonchev–Trinajstić information content (AvgIpc) is 3.02. The summed E-state index contributed by atoms with van der Waals surface area (Å²) >= 11 is 0. The number of fused-ring (bicyclic) bond motifs is 1. The Morgan fingerprint density at radius 3 is 2.70 bits per heavy atom. The molecule has 7 heteroatoms. The van der Waals surface area contributed by atoms with Crippen LogP contribution in [-0.4, -0.2) is 58.6 Å². The second-order valence-electron chi connectivity index (χ2n) is 7.62. The van der Waals surface area contributed by atoms with Gasteiger partial charge in [-0.2, -0.15) is 5.10 Å². The molecule has 1 saturated heterocycles. The lowest BCUT2D eigenvalue weighted by Crippen LogP contribution is -2.35. The van der Waals surface area contributed by atoms with Crippen LogP contribution in [0.15, 0.2) is 47.3 Å². The molecule has 2 heterocycles. The number of aromatic amines is 1. The summed E-state index contributed by atoms with van der Waals surface area (Å²) in [6, 6.07) is 11.9. The molecule has 4 rings (SSSR count). The highest BCUT2D eigenvalue weighted by atomic mass is 19.1. The fourth-order valence-corrected chi connectivity index (χ4v) is 4.01. The summed E-state index contributed by atoms with van der Waals surface area (Å²) in [5.74, 6) is -0.786. The Bertz CT molecular complexity index is 1130. The van der Waals surface area contributed by atoms with Crippen molar-refractivity contribution >= 4 is 16.7 Å². The van der Waals surface area contributed by atoms with Gasteiger partial charge in [-0.1, -0.05) is 31.2 Å². The number of hydrogen-bond donors (Lipinski definition) is 1. The molecule has 1 aliphatic heterocycles. The molecule has 0 unspecified atom stereocenters. The molecule has 30 heavy (non-hydrogen) atoms. The number of likely N-dealkylation sites (N-methyl/N-ethyl adjacent to an activating group) is 1. The first kappa shape index (κ1) is 20.2. The Morgan fingerprint density at radius 2 is 1.90 bits per heavy atom. The van der Waals surface area contributed by atoms with Gasteiger partial charge in [0.25, 0.3) is 11.5 Å². The lowest BCUT2D eigenvalue weighted by Gasteiger charge is -2.22. The van der Waals surface area contributed by atoms with Gasteiger partial charge in [0.2, 0.25) is 0 Å². The predicted molar refractivity (Wildman–Crippen MR) is 114 cm³/mol. The predicted octanol–water partition coefficient (Wildman–Crippen LogP) is 2.82. The Hall–Kier alpha value is -3.06. The summed E-state index contributed by atoms with van der Waals surface area (Å²) in [7, 11) is 0. The number of nitrogens with zero attached hydrogens (tertiary/aromatic N) is 3. The van der Waals surface area contributed by atoms with Crippen molar-refractivity contribution in [1.82, 2.24) is 20.0 Å². The fraction of sp³-hybridized carbons (Fsp3) is 0.348. The van der Waals surface area contributed by atoms with Crippen LogP contribution in [0.5, 0.6) is 0 Å². The molecule has 0 saturated carbocycles. The van der Waals surface area contributed by atoms with Crippen molar-refractivity contribution in [3.8, 4) is 0 Å². The largest absolute Gasteiger partial charge is 0.337 e. The van der Waals surface area contributed by atoms with Crippen molar-refractivity contribution in [3.63, 3.8) is 0 Å². The minimum atomic E-state index is -0.514. The third kappa shape index (κ3) is 4.11. The molecule has 1 aromatic heterocycles. The van der Waals surface area contributed by atoms with Gasteiger partial charge < -0.3 is 9.80 Å². The summed E-state index contributed by atoms with van der Waals surface area (Å²) < 4.78 is 14.5. The average molecular weight is 408 g/mol. The number of aromatic nitrogens is 2. The van der Waals surface area contributed by atoms with E-state index in [9.17, 15) is 14.0 Å². The van der Waals surface area contributed by atoms with Gasteiger partial charge in [-0.25, -0.2) is 9.49 Å². The van der Waals surface area contributed by atoms with E-state index in [-0.39, 0.29) is 17.0 Å². The zero-order chi connectivity index (χ0) is 21.1. The van der Waals surface area contributed by atoms with Crippen LogP contribution in [-0.2, 0) is 6.42 Å². The van der Waals surface area contributed by atoms with Crippen molar-refractivity contribution in [1.29, 1.82) is 0 Å². The highest BCUT2D eigenvalue weighted by Crippen LogP contribution is 2.20. The standard InChI is InChI=1S/C23H25FN4O2/c1-2-27-10-5-11-28(13-12-27)23(30)19-14-16(8-9-20(19)24)15-21-17-6-3-4-7-18(17)22(29)26-25-21/h3-4,6-9,14H,2,5,10-13,15H2,1H3,(H,26,29). The molecular weight excluding hydrogens is 383 g/mol. The topological polar surface area (TPSA) is 69.3 Å². The highest BCUT2D eigenvalue weighted by Gasteiger charge is 2.22. The maximum Gasteiger partial charge on any atom is 0.272 e. The van der Waals surface area contributed by atoms with Gasteiger partial charge in [-0.05, 0) is 43.3 Å². The summed E-state index contributed by atoms with van der Waals surface area (Å²) in [5, 5.41) is 8.02. The maximum atomic E-state index is 14.5. The third-order valence-corrected chi connectivity index (χ3v) is 5.73. The van der Waals surface area contributed by atoms with Crippen LogP contribution in [0.2, 0.25) is 0 Å². The van der Waals surface area contributed by atoms with Gasteiger partial charge in [-0.15, -0.1) is 0 Å². The Labute approximate surface area is 174 Å². The lowest BCUT2D eigenvalue weighted by atomic mass is 10.0. The molecule has 6 nitrogen and oxygen atoms in total. The Morgan fingerprint density at radius 1 is 1.10 bits per heavy atom. The van der Waals surface area contributed by atoms with Crippen molar-refractivity contribution in [2.75, 3.05) is 32.7 Å². The molecule has 0 aliphatic carbocycles. The van der Waals surface area contributed by atoms with E-state index in [0.717, 1.165) is 37.0 Å². The zero-order valence-corrected chi connectivity index (χ0v) is 17.0. The molecule has 0 bridgehead atoms. The lowest BCUT2D eigenvalue weighted by molar-refractivity contribution is 0.0757. The normalized spacial score (nSPS) is 15.3. The monoisotopic (exact) mass is 408 g/mol. The van der Waals surface area contributed by atoms with Crippen LogP contribution >= 0.6 is 0 Å². The Balaban J connectivity index is 1.60. The van der Waals surface area contributed by atoms with Crippen LogP contribution < -0.4 is 5.56 Å². The number of hydrogen-bond acceptors (Lipinski definition) is 4. The van der Waals surface area contributed by atoms with E-state index in [4.69, 9.17) is 0 Å². The first-order chi connectivity index (χ1) is 14.6. The fourth-order valence-electron chi connectivity index (χ4n) is 4.01. The van der Waals surface area contributed by atoms with Crippen molar-refractivity contribution in [2.45, 2.75) is 19.8 Å². The Kier molecular flexibility index (Phi) is 5.90. The molecule has 0 radical (unpaired) electrons. The molecule has 156 valence electrons. The smallest absolute Gasteiger partial charge is 0.272 e. The molecule has 1 amide bonds. The van der Waals surface area contributed by atoms with Crippen molar-refractivity contribution < 1.29 is 9.18 Å². The van der Waals surface area contributed by atoms with E-state index in [1.165, 1.54) is 6.07 Å². The quantitative estimate of drug-likeness (QED) is 0.721. The van der Waals surface area contributed by atoms with Gasteiger partial charge in [-0.3, -0.25) is 9.59 Å². The number of amides is 1. The molecular formula is C23H25FN4O2. The number of carbonyl (C=O) groups is 1. The van der Waals surface area contributed by atoms with Crippen molar-refractivity contribution in [2.24, 2.45) is 0 Å². The molecule has 0 atom stereocenters. The molecule has 2 aromatic carbocycles. The van der Waals surface area contributed by atoms with Gasteiger partial charge in [0.1, 0.15) is 5.82 Å². The van der Waals surface area contributed by atoms with Gasteiger partial charge in [0.05, 0.1) is 16.6 Å². The molecule has 0 spiro atoms. The van der Waals surface area contributed by atoms with Crippen molar-refractivity contribution in [3.05, 3.63) is 75.5 Å². The molecule has 3 aromatic rings. The maximum absolute atomic E-state index is 14.5. The second-order valence-corrected chi connectivity index (χ2v) is 7.62. The van der Waals surface area contributed by atoms with Crippen LogP contribution in [0.25, 0.3) is 10.8 Å². The van der Waals surface area contributed by atoms with E-state index in [1.807, 2.05) is 12.1 Å². The summed E-state index contributed by atoms with van der Waals surface area (Å²) in [6.07, 6.45) is 1.27. The summed E-state index contributed by atoms with van der Waals surface area (Å²) in [6.45, 7) is 6.04. The van der Waals surface area contributed by atoms with Crippen LogP contribution in [0, 0.1) is 5.82 Å². The second kappa shape index (κ2) is 8.75. The highest BCUT2D eigenvalue weighted by molar-refractivity contribution is 5.94. The minimum absolute atomic E-state index is 0.0891. The van der Waals surface area contributed by atoms with Crippen LogP contribution in [0.3, 0.4) is 0 Å². The SMILES string of the molecule is CCN1CCCN(C(=O)c2cc(Cc3n[nH]c(=O)c4ccccc34)ccc2F)CC1. The van der Waals surface area contributed by atoms with Gasteiger partial charge in [0, 0.05) is 31.4 Å². The van der Waals surface area contributed by atoms with Gasteiger partial charge in [0.15, 0.2) is 0 Å². The van der Waals surface area contributed by atoms with Crippen LogP contribution in [0.1, 0.15) is 35.0 Å². The van der Waals surface area contributed by atoms with Gasteiger partial charge >= 0.3 is 0 Å². The number of rotatable bonds is 4. The van der Waals surface area contributed by atoms with E-state index >= 15 is 0 Å². The van der Waals surface area contributed by atoms with E-state index in [1.54, 1.807) is 29.2 Å². The first-order valence-electron chi connectivity index (χ1n) is 10.3. The zero-order valence-electron chi connectivity index (χ0n) is 17.0. The third-order valence-electron chi connectivity index (χ3n) is 5.73. The number of H-pyrrole nitrogens is 1. The summed E-state index contributed by atoms with van der Waals surface area (Å²) in [4.78, 5) is 29.1. The number of nitrogens with one attached hydrogen (secondary N) is 1. The molecule has 1 N–H and O–H groups in total. The molecule has 1 fully saturated rings. The van der Waals surface area contributed by atoms with E-state index in [2.05, 4.69) is 22.0 Å². The first-order valence-corrected chi connectivity index (χ1v) is 10.3. The molecule has 1 aliphatic rings. The van der Waals surface area contributed by atoms with E-state index in [0.29, 0.717) is 30.6 Å². The number of halogens is 1. The van der Waals surface area contributed by atoms with Crippen LogP contribution in [0.4, 0.5) is 4.39 Å².